The van der Waals surface area contributed by atoms with Crippen LogP contribution in [-0.2, 0) is 37.7 Å². The van der Waals surface area contributed by atoms with Crippen LogP contribution in [0.15, 0.2) is 36.5 Å². The van der Waals surface area contributed by atoms with Gasteiger partial charge in [0.15, 0.2) is 0 Å². The summed E-state index contributed by atoms with van der Waals surface area (Å²) in [5.41, 5.74) is 10.9. The van der Waals surface area contributed by atoms with Gasteiger partial charge in [0, 0.05) is 49.9 Å². The van der Waals surface area contributed by atoms with E-state index < -0.39 is 0 Å². The van der Waals surface area contributed by atoms with E-state index >= 15 is 0 Å². The number of benzene rings is 1. The minimum atomic E-state index is -0.0498. The van der Waals surface area contributed by atoms with Crippen LogP contribution in [0.1, 0.15) is 57.2 Å². The molecule has 5 heterocycles. The highest BCUT2D eigenvalue weighted by atomic mass is 16.5. The van der Waals surface area contributed by atoms with Crippen LogP contribution >= 0.6 is 0 Å². The third kappa shape index (κ3) is 4.01. The van der Waals surface area contributed by atoms with Crippen LogP contribution in [0.3, 0.4) is 0 Å². The van der Waals surface area contributed by atoms with Crippen LogP contribution in [0.25, 0.3) is 22.2 Å². The highest BCUT2D eigenvalue weighted by Crippen LogP contribution is 2.41. The number of amides is 1. The molecule has 8 nitrogen and oxygen atoms in total. The molecule has 1 unspecified atom stereocenters. The third-order valence-corrected chi connectivity index (χ3v) is 8.51. The number of rotatable bonds is 6. The predicted octanol–water partition coefficient (Wildman–Crippen LogP) is 4.68. The van der Waals surface area contributed by atoms with Crippen LogP contribution in [0.4, 0.5) is 11.5 Å². The molecular formula is C31H34N6O2. The van der Waals surface area contributed by atoms with Crippen molar-refractivity contribution in [2.45, 2.75) is 44.7 Å². The monoisotopic (exact) mass is 522 g/mol. The number of fused-ring (bicyclic) bond motifs is 4. The van der Waals surface area contributed by atoms with Crippen molar-refractivity contribution in [2.75, 3.05) is 32.6 Å². The smallest absolute Gasteiger partial charge is 0.254 e. The molecule has 0 spiro atoms. The summed E-state index contributed by atoms with van der Waals surface area (Å²) in [6, 6.07) is 10.5. The zero-order valence-electron chi connectivity index (χ0n) is 22.8. The first-order valence-electron chi connectivity index (χ1n) is 13.9. The SMILES string of the molecule is CN(C)Cc1nc(Nc2ccc(-c3ccnc4c3c3c(n4C)CCC3)c3c2C(=O)NC3)ccc1C1CCOC1. The Kier molecular flexibility index (Phi) is 5.90. The van der Waals surface area contributed by atoms with Crippen molar-refractivity contribution in [2.24, 2.45) is 7.05 Å². The van der Waals surface area contributed by atoms with Gasteiger partial charge in [0.05, 0.1) is 23.6 Å². The standard InChI is InChI=1S/C31H34N6O2/c1-36(2)16-25-19(18-12-14-39-17-18)8-10-27(35-25)34-24-9-7-20(23-15-33-31(38)29(23)24)21-11-13-32-30-28(21)22-5-4-6-26(22)37(30)3/h7-11,13,18H,4-6,12,14-17H2,1-3H3,(H,33,38)(H,34,35). The number of anilines is 2. The van der Waals surface area contributed by atoms with Gasteiger partial charge in [-0.2, -0.15) is 0 Å². The average molecular weight is 523 g/mol. The minimum absolute atomic E-state index is 0.0498. The van der Waals surface area contributed by atoms with E-state index in [9.17, 15) is 4.79 Å². The maximum absolute atomic E-state index is 13.1. The number of pyridine rings is 2. The Hall–Kier alpha value is -3.75. The second kappa shape index (κ2) is 9.47. The molecule has 0 saturated carbocycles. The van der Waals surface area contributed by atoms with Crippen molar-refractivity contribution in [3.05, 3.63) is 70.2 Å². The van der Waals surface area contributed by atoms with Crippen molar-refractivity contribution >= 4 is 28.4 Å². The van der Waals surface area contributed by atoms with Crippen LogP contribution in [0.5, 0.6) is 0 Å². The maximum Gasteiger partial charge on any atom is 0.254 e. The normalized spacial score (nSPS) is 18.2. The fraction of sp³-hybridized carbons (Fsp3) is 0.387. The number of hydrogen-bond acceptors (Lipinski definition) is 6. The first kappa shape index (κ1) is 24.3. The van der Waals surface area contributed by atoms with Gasteiger partial charge < -0.3 is 24.8 Å². The lowest BCUT2D eigenvalue weighted by Gasteiger charge is -2.19. The summed E-state index contributed by atoms with van der Waals surface area (Å²) in [5, 5.41) is 7.79. The fourth-order valence-corrected chi connectivity index (χ4v) is 6.72. The van der Waals surface area contributed by atoms with E-state index in [4.69, 9.17) is 14.7 Å². The van der Waals surface area contributed by atoms with Crippen molar-refractivity contribution < 1.29 is 9.53 Å². The highest BCUT2D eigenvalue weighted by molar-refractivity contribution is 6.08. The minimum Gasteiger partial charge on any atom is -0.381 e. The fourth-order valence-electron chi connectivity index (χ4n) is 6.72. The summed E-state index contributed by atoms with van der Waals surface area (Å²) in [5.74, 6) is 1.08. The molecule has 4 aromatic rings. The molecule has 2 aliphatic heterocycles. The van der Waals surface area contributed by atoms with Crippen molar-refractivity contribution in [3.63, 3.8) is 0 Å². The molecular weight excluding hydrogens is 488 g/mol. The number of nitrogens with zero attached hydrogens (tertiary/aromatic N) is 4. The van der Waals surface area contributed by atoms with Crippen LogP contribution in [-0.4, -0.2) is 52.7 Å². The Morgan fingerprint density at radius 3 is 2.85 bits per heavy atom. The molecule has 1 aromatic carbocycles. The van der Waals surface area contributed by atoms with Gasteiger partial charge in [0.25, 0.3) is 5.91 Å². The summed E-state index contributed by atoms with van der Waals surface area (Å²) in [7, 11) is 6.24. The Morgan fingerprint density at radius 2 is 2.03 bits per heavy atom. The van der Waals surface area contributed by atoms with E-state index in [1.807, 2.05) is 18.3 Å². The van der Waals surface area contributed by atoms with E-state index in [0.717, 1.165) is 78.6 Å². The maximum atomic E-state index is 13.1. The average Bonchev–Trinajstić information content (AvgIpc) is 3.72. The van der Waals surface area contributed by atoms with Gasteiger partial charge in [-0.1, -0.05) is 12.1 Å². The number of hydrogen-bond donors (Lipinski definition) is 2. The van der Waals surface area contributed by atoms with Gasteiger partial charge in [-0.05, 0) is 85.8 Å². The van der Waals surface area contributed by atoms with Crippen LogP contribution in [0.2, 0.25) is 0 Å². The zero-order valence-corrected chi connectivity index (χ0v) is 22.8. The van der Waals surface area contributed by atoms with Gasteiger partial charge in [-0.25, -0.2) is 9.97 Å². The molecule has 3 aromatic heterocycles. The number of carbonyl (C=O) groups is 1. The topological polar surface area (TPSA) is 84.3 Å². The summed E-state index contributed by atoms with van der Waals surface area (Å²) < 4.78 is 7.90. The number of aromatic nitrogens is 3. The molecule has 7 rings (SSSR count). The van der Waals surface area contributed by atoms with E-state index in [2.05, 4.69) is 59.4 Å². The molecule has 2 N–H and O–H groups in total. The summed E-state index contributed by atoms with van der Waals surface area (Å²) >= 11 is 0. The Balaban J connectivity index is 1.30. The van der Waals surface area contributed by atoms with Gasteiger partial charge in [0.2, 0.25) is 0 Å². The first-order chi connectivity index (χ1) is 19.0. The third-order valence-electron chi connectivity index (χ3n) is 8.51. The Bertz CT molecular complexity index is 1620. The number of ether oxygens (including phenoxy) is 1. The van der Waals surface area contributed by atoms with Crippen molar-refractivity contribution in [1.82, 2.24) is 24.8 Å². The summed E-state index contributed by atoms with van der Waals surface area (Å²) in [6.45, 7) is 2.81. The molecule has 200 valence electrons. The van der Waals surface area contributed by atoms with Crippen molar-refractivity contribution in [3.8, 4) is 11.1 Å². The van der Waals surface area contributed by atoms with Crippen LogP contribution in [0, 0.1) is 0 Å². The molecule has 1 atom stereocenters. The van der Waals surface area contributed by atoms with Crippen LogP contribution < -0.4 is 10.6 Å². The largest absolute Gasteiger partial charge is 0.381 e. The van der Waals surface area contributed by atoms with Crippen molar-refractivity contribution in [1.29, 1.82) is 0 Å². The quantitative estimate of drug-likeness (QED) is 0.383. The second-order valence-electron chi connectivity index (χ2n) is 11.2. The predicted molar refractivity (Wildman–Crippen MR) is 152 cm³/mol. The molecule has 1 saturated heterocycles. The molecule has 1 amide bonds. The number of aryl methyl sites for hydroxylation is 2. The van der Waals surface area contributed by atoms with E-state index in [0.29, 0.717) is 18.0 Å². The second-order valence-corrected chi connectivity index (χ2v) is 11.2. The summed E-state index contributed by atoms with van der Waals surface area (Å²) in [6.07, 6.45) is 6.27. The highest BCUT2D eigenvalue weighted by Gasteiger charge is 2.29. The number of carbonyl (C=O) groups excluding carboxylic acids is 1. The molecule has 0 radical (unpaired) electrons. The lowest BCUT2D eigenvalue weighted by Crippen LogP contribution is -2.16. The Labute approximate surface area is 228 Å². The molecule has 8 heteroatoms. The van der Waals surface area contributed by atoms with Gasteiger partial charge in [0.1, 0.15) is 11.5 Å². The lowest BCUT2D eigenvalue weighted by molar-refractivity contribution is 0.0966. The first-order valence-corrected chi connectivity index (χ1v) is 13.9. The molecule has 1 fully saturated rings. The molecule has 1 aliphatic carbocycles. The Morgan fingerprint density at radius 1 is 1.13 bits per heavy atom. The van der Waals surface area contributed by atoms with E-state index in [1.165, 1.54) is 28.6 Å². The summed E-state index contributed by atoms with van der Waals surface area (Å²) in [4.78, 5) is 25.0. The van der Waals surface area contributed by atoms with E-state index in [1.54, 1.807) is 0 Å². The molecule has 0 bridgehead atoms. The lowest BCUT2D eigenvalue weighted by atomic mass is 9.93. The number of nitrogens with one attached hydrogen (secondary N) is 2. The van der Waals surface area contributed by atoms with E-state index in [-0.39, 0.29) is 5.91 Å². The van der Waals surface area contributed by atoms with Gasteiger partial charge in [-0.15, -0.1) is 0 Å². The molecule has 3 aliphatic rings. The van der Waals surface area contributed by atoms with Gasteiger partial charge >= 0.3 is 0 Å². The molecule has 39 heavy (non-hydrogen) atoms. The zero-order chi connectivity index (χ0) is 26.7. The van der Waals surface area contributed by atoms with Gasteiger partial charge in [-0.3, -0.25) is 4.79 Å².